The number of ether oxygens (including phenoxy) is 3. The zero-order valence-electron chi connectivity index (χ0n) is 16.5. The van der Waals surface area contributed by atoms with Gasteiger partial charge in [0.2, 0.25) is 0 Å². The van der Waals surface area contributed by atoms with Gasteiger partial charge in [-0.1, -0.05) is 6.07 Å². The van der Waals surface area contributed by atoms with Crippen LogP contribution in [0.25, 0.3) is 6.08 Å². The highest BCUT2D eigenvalue weighted by atomic mass is 32.2. The van der Waals surface area contributed by atoms with Gasteiger partial charge < -0.3 is 19.1 Å². The standard InChI is InChI=1S/C20H24N2O6S/c1-3-22-19(24)17(29-20(22)25)12-14-5-6-15(16(11-14)27-4-2)28-13-18(23)21-7-9-26-10-8-21/h5-6,11-12H,3-4,7-10,13H2,1-2H3/b17-12-. The molecule has 2 aliphatic heterocycles. The summed E-state index contributed by atoms with van der Waals surface area (Å²) >= 11 is 0.921. The number of thioether (sulfide) groups is 1. The molecule has 3 rings (SSSR count). The first-order valence-electron chi connectivity index (χ1n) is 9.54. The summed E-state index contributed by atoms with van der Waals surface area (Å²) in [5, 5.41) is -0.268. The molecule has 0 unspecified atom stereocenters. The molecule has 2 fully saturated rings. The van der Waals surface area contributed by atoms with E-state index in [4.69, 9.17) is 14.2 Å². The van der Waals surface area contributed by atoms with Crippen molar-refractivity contribution in [2.24, 2.45) is 0 Å². The molecule has 8 nitrogen and oxygen atoms in total. The Morgan fingerprint density at radius 2 is 1.93 bits per heavy atom. The second kappa shape index (κ2) is 9.80. The van der Waals surface area contributed by atoms with Crippen molar-refractivity contribution >= 4 is 34.9 Å². The summed E-state index contributed by atoms with van der Waals surface area (Å²) in [7, 11) is 0. The molecule has 2 heterocycles. The topological polar surface area (TPSA) is 85.4 Å². The molecule has 156 valence electrons. The number of morpholine rings is 1. The van der Waals surface area contributed by atoms with Crippen molar-refractivity contribution in [3.8, 4) is 11.5 Å². The molecule has 0 aromatic heterocycles. The van der Waals surface area contributed by atoms with Crippen molar-refractivity contribution in [2.45, 2.75) is 13.8 Å². The number of hydrogen-bond donors (Lipinski definition) is 0. The SMILES string of the molecule is CCOc1cc(/C=C2\SC(=O)N(CC)C2=O)ccc1OCC(=O)N1CCOCC1. The average molecular weight is 420 g/mol. The summed E-state index contributed by atoms with van der Waals surface area (Å²) < 4.78 is 16.6. The second-order valence-electron chi connectivity index (χ2n) is 6.35. The van der Waals surface area contributed by atoms with Crippen LogP contribution in [0, 0.1) is 0 Å². The Morgan fingerprint density at radius 1 is 1.17 bits per heavy atom. The fraction of sp³-hybridized carbons (Fsp3) is 0.450. The number of carbonyl (C=O) groups is 3. The minimum Gasteiger partial charge on any atom is -0.490 e. The molecular formula is C20H24N2O6S. The molecule has 29 heavy (non-hydrogen) atoms. The smallest absolute Gasteiger partial charge is 0.293 e. The normalized spacial score (nSPS) is 18.5. The summed E-state index contributed by atoms with van der Waals surface area (Å²) in [5.74, 6) is 0.531. The minimum atomic E-state index is -0.295. The molecule has 2 saturated heterocycles. The predicted molar refractivity (Wildman–Crippen MR) is 109 cm³/mol. The van der Waals surface area contributed by atoms with Gasteiger partial charge in [-0.25, -0.2) is 0 Å². The highest BCUT2D eigenvalue weighted by molar-refractivity contribution is 8.18. The number of carbonyl (C=O) groups excluding carboxylic acids is 3. The van der Waals surface area contributed by atoms with E-state index in [2.05, 4.69) is 0 Å². The van der Waals surface area contributed by atoms with E-state index < -0.39 is 0 Å². The molecule has 0 saturated carbocycles. The molecule has 0 spiro atoms. The van der Waals surface area contributed by atoms with E-state index in [0.717, 1.165) is 11.8 Å². The fourth-order valence-electron chi connectivity index (χ4n) is 2.97. The lowest BCUT2D eigenvalue weighted by atomic mass is 10.2. The Hall–Kier alpha value is -2.52. The van der Waals surface area contributed by atoms with Gasteiger partial charge in [0, 0.05) is 19.6 Å². The van der Waals surface area contributed by atoms with Crippen LogP contribution in [-0.2, 0) is 14.3 Å². The van der Waals surface area contributed by atoms with Crippen LogP contribution in [0.4, 0.5) is 4.79 Å². The molecule has 0 N–H and O–H groups in total. The van der Waals surface area contributed by atoms with Crippen molar-refractivity contribution < 1.29 is 28.6 Å². The van der Waals surface area contributed by atoms with Gasteiger partial charge in [0.25, 0.3) is 17.1 Å². The van der Waals surface area contributed by atoms with Crippen molar-refractivity contribution in [1.82, 2.24) is 9.80 Å². The summed E-state index contributed by atoms with van der Waals surface area (Å²) in [4.78, 5) is 39.7. The second-order valence-corrected chi connectivity index (χ2v) is 7.34. The first-order chi connectivity index (χ1) is 14.0. The maximum Gasteiger partial charge on any atom is 0.293 e. The van der Waals surface area contributed by atoms with Crippen LogP contribution < -0.4 is 9.47 Å². The first-order valence-corrected chi connectivity index (χ1v) is 10.4. The number of imide groups is 1. The summed E-state index contributed by atoms with van der Waals surface area (Å²) in [6.07, 6.45) is 1.66. The van der Waals surface area contributed by atoms with Crippen molar-refractivity contribution in [3.63, 3.8) is 0 Å². The fourth-order valence-corrected chi connectivity index (χ4v) is 3.87. The maximum absolute atomic E-state index is 12.3. The Morgan fingerprint density at radius 3 is 2.59 bits per heavy atom. The lowest BCUT2D eigenvalue weighted by Crippen LogP contribution is -2.43. The maximum atomic E-state index is 12.3. The quantitative estimate of drug-likeness (QED) is 0.626. The Kier molecular flexibility index (Phi) is 7.16. The number of benzene rings is 1. The van der Waals surface area contributed by atoms with E-state index in [1.54, 1.807) is 36.1 Å². The number of rotatable bonds is 7. The molecule has 0 radical (unpaired) electrons. The Bertz CT molecular complexity index is 819. The van der Waals surface area contributed by atoms with Crippen LogP contribution in [0.15, 0.2) is 23.1 Å². The van der Waals surface area contributed by atoms with Crippen LogP contribution in [-0.4, -0.2) is 72.9 Å². The van der Waals surface area contributed by atoms with E-state index in [0.29, 0.717) is 61.4 Å². The number of likely N-dealkylation sites (N-methyl/N-ethyl adjacent to an activating group) is 1. The van der Waals surface area contributed by atoms with Gasteiger partial charge in [-0.3, -0.25) is 19.3 Å². The molecule has 2 aliphatic rings. The lowest BCUT2D eigenvalue weighted by Gasteiger charge is -2.26. The van der Waals surface area contributed by atoms with Gasteiger partial charge in [-0.15, -0.1) is 0 Å². The number of hydrogen-bond acceptors (Lipinski definition) is 7. The largest absolute Gasteiger partial charge is 0.490 e. The first kappa shape index (κ1) is 21.2. The number of nitrogens with zero attached hydrogens (tertiary/aromatic N) is 2. The molecule has 1 aromatic rings. The van der Waals surface area contributed by atoms with E-state index in [9.17, 15) is 14.4 Å². The third-order valence-corrected chi connectivity index (χ3v) is 5.38. The molecule has 0 atom stereocenters. The van der Waals surface area contributed by atoms with E-state index in [-0.39, 0.29) is 23.7 Å². The lowest BCUT2D eigenvalue weighted by molar-refractivity contribution is -0.137. The van der Waals surface area contributed by atoms with Crippen molar-refractivity contribution in [2.75, 3.05) is 46.1 Å². The monoisotopic (exact) mass is 420 g/mol. The molecule has 1 aromatic carbocycles. The van der Waals surface area contributed by atoms with Gasteiger partial charge in [0.1, 0.15) is 0 Å². The van der Waals surface area contributed by atoms with Crippen LogP contribution in [0.5, 0.6) is 11.5 Å². The van der Waals surface area contributed by atoms with Crippen LogP contribution in [0.1, 0.15) is 19.4 Å². The summed E-state index contributed by atoms with van der Waals surface area (Å²) in [5.41, 5.74) is 0.710. The molecule has 9 heteroatoms. The van der Waals surface area contributed by atoms with Crippen LogP contribution >= 0.6 is 11.8 Å². The summed E-state index contributed by atoms with van der Waals surface area (Å²) in [6.45, 7) is 6.48. The number of amides is 3. The van der Waals surface area contributed by atoms with E-state index >= 15 is 0 Å². The predicted octanol–water partition coefficient (Wildman–Crippen LogP) is 2.38. The van der Waals surface area contributed by atoms with Crippen molar-refractivity contribution in [1.29, 1.82) is 0 Å². The van der Waals surface area contributed by atoms with Crippen LogP contribution in [0.2, 0.25) is 0 Å². The van der Waals surface area contributed by atoms with Gasteiger partial charge in [-0.2, -0.15) is 0 Å². The molecule has 0 bridgehead atoms. The zero-order valence-corrected chi connectivity index (χ0v) is 17.3. The van der Waals surface area contributed by atoms with E-state index in [1.807, 2.05) is 6.92 Å². The molecule has 0 aliphatic carbocycles. The van der Waals surface area contributed by atoms with Crippen molar-refractivity contribution in [3.05, 3.63) is 28.7 Å². The average Bonchev–Trinajstić information content (AvgIpc) is 3.00. The minimum absolute atomic E-state index is 0.0885. The highest BCUT2D eigenvalue weighted by Crippen LogP contribution is 2.34. The van der Waals surface area contributed by atoms with Crippen LogP contribution in [0.3, 0.4) is 0 Å². The summed E-state index contributed by atoms with van der Waals surface area (Å²) in [6, 6.07) is 5.20. The van der Waals surface area contributed by atoms with Gasteiger partial charge >= 0.3 is 0 Å². The third-order valence-electron chi connectivity index (χ3n) is 4.47. The van der Waals surface area contributed by atoms with E-state index in [1.165, 1.54) is 4.90 Å². The molecule has 3 amide bonds. The van der Waals surface area contributed by atoms with Gasteiger partial charge in [-0.05, 0) is 49.4 Å². The van der Waals surface area contributed by atoms with Gasteiger partial charge in [0.15, 0.2) is 18.1 Å². The van der Waals surface area contributed by atoms with Gasteiger partial charge in [0.05, 0.1) is 24.7 Å². The molecular weight excluding hydrogens is 396 g/mol. The Balaban J connectivity index is 1.71. The third kappa shape index (κ3) is 5.10. The zero-order chi connectivity index (χ0) is 20.8. The highest BCUT2D eigenvalue weighted by Gasteiger charge is 2.33. The Labute approximate surface area is 173 Å².